The Kier molecular flexibility index (Phi) is 4.73. The molecule has 0 atom stereocenters. The Morgan fingerprint density at radius 2 is 1.85 bits per heavy atom. The summed E-state index contributed by atoms with van der Waals surface area (Å²) in [7, 11) is 1.91. The molecular formula is C16H14ClFN2. The molecule has 0 spiro atoms. The first-order valence-corrected chi connectivity index (χ1v) is 6.58. The van der Waals surface area contributed by atoms with Crippen LogP contribution in [-0.4, -0.2) is 11.9 Å². The van der Waals surface area contributed by atoms with Gasteiger partial charge in [0.05, 0.1) is 11.6 Å². The van der Waals surface area contributed by atoms with Crippen LogP contribution >= 0.6 is 11.6 Å². The molecule has 0 heterocycles. The highest BCUT2D eigenvalue weighted by molar-refractivity contribution is 6.30. The van der Waals surface area contributed by atoms with Crippen molar-refractivity contribution in [2.75, 3.05) is 7.05 Å². The van der Waals surface area contributed by atoms with E-state index in [1.165, 1.54) is 12.1 Å². The topological polar surface area (TPSA) is 27.0 Å². The summed E-state index contributed by atoms with van der Waals surface area (Å²) in [6, 6.07) is 14.0. The molecule has 0 aliphatic rings. The molecule has 2 aromatic carbocycles. The zero-order chi connectivity index (χ0) is 14.5. The lowest BCUT2D eigenvalue weighted by atomic mass is 10.1. The molecule has 0 amide bonds. The number of nitriles is 1. The summed E-state index contributed by atoms with van der Waals surface area (Å²) >= 11 is 5.84. The Balaban J connectivity index is 2.06. The SMILES string of the molecule is CN(Cc1ccc(Cl)cc1)Cc1cc(C#N)ccc1F. The van der Waals surface area contributed by atoms with E-state index in [0.717, 1.165) is 5.56 Å². The van der Waals surface area contributed by atoms with Gasteiger partial charge in [-0.25, -0.2) is 4.39 Å². The third kappa shape index (κ3) is 3.80. The number of halogens is 2. The smallest absolute Gasteiger partial charge is 0.127 e. The number of nitrogens with zero attached hydrogens (tertiary/aromatic N) is 2. The lowest BCUT2D eigenvalue weighted by molar-refractivity contribution is 0.313. The monoisotopic (exact) mass is 288 g/mol. The molecule has 0 saturated heterocycles. The fourth-order valence-electron chi connectivity index (χ4n) is 2.01. The standard InChI is InChI=1S/C16H14ClFN2/c1-20(10-12-2-5-15(17)6-3-12)11-14-8-13(9-19)4-7-16(14)18/h2-8H,10-11H2,1H3. The predicted octanol–water partition coefficient (Wildman–Crippen LogP) is 3.98. The first kappa shape index (κ1) is 14.5. The minimum Gasteiger partial charge on any atom is -0.298 e. The molecule has 2 nitrogen and oxygen atoms in total. The summed E-state index contributed by atoms with van der Waals surface area (Å²) in [5, 5.41) is 9.55. The maximum Gasteiger partial charge on any atom is 0.127 e. The van der Waals surface area contributed by atoms with E-state index in [-0.39, 0.29) is 5.82 Å². The van der Waals surface area contributed by atoms with Crippen molar-refractivity contribution >= 4 is 11.6 Å². The van der Waals surface area contributed by atoms with Crippen molar-refractivity contribution in [3.8, 4) is 6.07 Å². The van der Waals surface area contributed by atoms with Gasteiger partial charge < -0.3 is 0 Å². The van der Waals surface area contributed by atoms with Gasteiger partial charge in [0, 0.05) is 23.7 Å². The van der Waals surface area contributed by atoms with Crippen molar-refractivity contribution in [3.63, 3.8) is 0 Å². The molecule has 20 heavy (non-hydrogen) atoms. The van der Waals surface area contributed by atoms with Crippen LogP contribution in [0.1, 0.15) is 16.7 Å². The van der Waals surface area contributed by atoms with Crippen LogP contribution in [0.15, 0.2) is 42.5 Å². The maximum absolute atomic E-state index is 13.7. The quantitative estimate of drug-likeness (QED) is 0.851. The third-order valence-electron chi connectivity index (χ3n) is 2.98. The van der Waals surface area contributed by atoms with Gasteiger partial charge in [-0.15, -0.1) is 0 Å². The fraction of sp³-hybridized carbons (Fsp3) is 0.188. The first-order chi connectivity index (χ1) is 9.58. The lowest BCUT2D eigenvalue weighted by Crippen LogP contribution is -2.18. The highest BCUT2D eigenvalue weighted by atomic mass is 35.5. The van der Waals surface area contributed by atoms with Crippen LogP contribution in [0.2, 0.25) is 5.02 Å². The Hall–Kier alpha value is -1.89. The molecule has 2 aromatic rings. The molecule has 0 bridgehead atoms. The fourth-order valence-corrected chi connectivity index (χ4v) is 2.14. The molecule has 2 rings (SSSR count). The van der Waals surface area contributed by atoms with Crippen LogP contribution < -0.4 is 0 Å². The third-order valence-corrected chi connectivity index (χ3v) is 3.23. The average molecular weight is 289 g/mol. The van der Waals surface area contributed by atoms with Crippen molar-refractivity contribution in [2.45, 2.75) is 13.1 Å². The lowest BCUT2D eigenvalue weighted by Gasteiger charge is -2.17. The van der Waals surface area contributed by atoms with Gasteiger partial charge in [-0.2, -0.15) is 5.26 Å². The second-order valence-electron chi connectivity index (χ2n) is 4.72. The second kappa shape index (κ2) is 6.51. The predicted molar refractivity (Wildman–Crippen MR) is 77.7 cm³/mol. The van der Waals surface area contributed by atoms with Gasteiger partial charge in [-0.1, -0.05) is 23.7 Å². The van der Waals surface area contributed by atoms with Gasteiger partial charge in [0.25, 0.3) is 0 Å². The van der Waals surface area contributed by atoms with Gasteiger partial charge in [-0.05, 0) is 42.9 Å². The molecule has 0 aliphatic carbocycles. The molecule has 4 heteroatoms. The molecular weight excluding hydrogens is 275 g/mol. The molecule has 0 aliphatic heterocycles. The van der Waals surface area contributed by atoms with E-state index in [1.807, 2.05) is 42.3 Å². The van der Waals surface area contributed by atoms with E-state index >= 15 is 0 Å². The Labute approximate surface area is 123 Å². The Morgan fingerprint density at radius 3 is 2.50 bits per heavy atom. The van der Waals surface area contributed by atoms with E-state index in [1.54, 1.807) is 6.07 Å². The van der Waals surface area contributed by atoms with Gasteiger partial charge >= 0.3 is 0 Å². The minimum atomic E-state index is -0.285. The van der Waals surface area contributed by atoms with Gasteiger partial charge in [0.2, 0.25) is 0 Å². The molecule has 0 N–H and O–H groups in total. The van der Waals surface area contributed by atoms with E-state index in [2.05, 4.69) is 0 Å². The summed E-state index contributed by atoms with van der Waals surface area (Å²) in [5.74, 6) is -0.285. The van der Waals surface area contributed by atoms with E-state index in [9.17, 15) is 4.39 Å². The highest BCUT2D eigenvalue weighted by Crippen LogP contribution is 2.15. The van der Waals surface area contributed by atoms with Crippen molar-refractivity contribution in [1.29, 1.82) is 5.26 Å². The molecule has 0 radical (unpaired) electrons. The number of benzene rings is 2. The molecule has 0 saturated carbocycles. The molecule has 0 unspecified atom stereocenters. The maximum atomic E-state index is 13.7. The van der Waals surface area contributed by atoms with Crippen LogP contribution in [0.4, 0.5) is 4.39 Å². The van der Waals surface area contributed by atoms with Crippen LogP contribution in [0, 0.1) is 17.1 Å². The van der Waals surface area contributed by atoms with Gasteiger partial charge in [0.1, 0.15) is 5.82 Å². The van der Waals surface area contributed by atoms with Crippen LogP contribution in [0.3, 0.4) is 0 Å². The van der Waals surface area contributed by atoms with Crippen molar-refractivity contribution < 1.29 is 4.39 Å². The van der Waals surface area contributed by atoms with Crippen LogP contribution in [0.5, 0.6) is 0 Å². The molecule has 0 aromatic heterocycles. The zero-order valence-corrected chi connectivity index (χ0v) is 11.9. The van der Waals surface area contributed by atoms with Gasteiger partial charge in [-0.3, -0.25) is 4.90 Å². The largest absolute Gasteiger partial charge is 0.298 e. The normalized spacial score (nSPS) is 10.6. The van der Waals surface area contributed by atoms with Crippen molar-refractivity contribution in [3.05, 3.63) is 70.0 Å². The van der Waals surface area contributed by atoms with Crippen molar-refractivity contribution in [2.24, 2.45) is 0 Å². The van der Waals surface area contributed by atoms with Crippen LogP contribution in [0.25, 0.3) is 0 Å². The van der Waals surface area contributed by atoms with E-state index in [4.69, 9.17) is 16.9 Å². The summed E-state index contributed by atoms with van der Waals surface area (Å²) in [6.07, 6.45) is 0. The molecule has 102 valence electrons. The summed E-state index contributed by atoms with van der Waals surface area (Å²) in [6.45, 7) is 1.14. The summed E-state index contributed by atoms with van der Waals surface area (Å²) in [4.78, 5) is 1.99. The van der Waals surface area contributed by atoms with Crippen LogP contribution in [-0.2, 0) is 13.1 Å². The van der Waals surface area contributed by atoms with E-state index < -0.39 is 0 Å². The first-order valence-electron chi connectivity index (χ1n) is 6.20. The minimum absolute atomic E-state index is 0.285. The second-order valence-corrected chi connectivity index (χ2v) is 5.15. The number of hydrogen-bond donors (Lipinski definition) is 0. The Morgan fingerprint density at radius 1 is 1.15 bits per heavy atom. The summed E-state index contributed by atoms with van der Waals surface area (Å²) in [5.41, 5.74) is 2.11. The Bertz CT molecular complexity index is 632. The van der Waals surface area contributed by atoms with Crippen molar-refractivity contribution in [1.82, 2.24) is 4.90 Å². The van der Waals surface area contributed by atoms with Gasteiger partial charge in [0.15, 0.2) is 0 Å². The number of rotatable bonds is 4. The highest BCUT2D eigenvalue weighted by Gasteiger charge is 2.07. The average Bonchev–Trinajstić information content (AvgIpc) is 2.44. The molecule has 0 fully saturated rings. The van der Waals surface area contributed by atoms with E-state index in [0.29, 0.717) is 29.2 Å². The zero-order valence-electron chi connectivity index (χ0n) is 11.1. The number of hydrogen-bond acceptors (Lipinski definition) is 2. The summed E-state index contributed by atoms with van der Waals surface area (Å²) < 4.78 is 13.7.